The minimum Gasteiger partial charge on any atom is -0.480 e. The van der Waals surface area contributed by atoms with Gasteiger partial charge in [-0.3, -0.25) is 9.59 Å². The zero-order valence-electron chi connectivity index (χ0n) is 11.8. The van der Waals surface area contributed by atoms with Crippen LogP contribution in [-0.2, 0) is 28.9 Å². The maximum atomic E-state index is 11.9. The summed E-state index contributed by atoms with van der Waals surface area (Å²) in [4.78, 5) is 22.6. The van der Waals surface area contributed by atoms with Crippen molar-refractivity contribution in [3.05, 3.63) is 35.1 Å². The number of furan rings is 1. The predicted octanol–water partition coefficient (Wildman–Crippen LogP) is 2.05. The normalized spacial score (nSPS) is 14.9. The van der Waals surface area contributed by atoms with Crippen LogP contribution in [0.15, 0.2) is 22.8 Å². The van der Waals surface area contributed by atoms with Crippen LogP contribution in [0.2, 0.25) is 0 Å². The zero-order chi connectivity index (χ0) is 15.0. The Morgan fingerprint density at radius 1 is 1.33 bits per heavy atom. The highest BCUT2D eigenvalue weighted by molar-refractivity contribution is 5.90. The fourth-order valence-electron chi connectivity index (χ4n) is 2.81. The van der Waals surface area contributed by atoms with Crippen molar-refractivity contribution in [1.82, 2.24) is 5.32 Å². The second kappa shape index (κ2) is 5.24. The number of hydrogen-bond acceptors (Lipinski definition) is 3. The molecule has 5 nitrogen and oxygen atoms in total. The van der Waals surface area contributed by atoms with Crippen LogP contribution in [0.5, 0.6) is 0 Å². The van der Waals surface area contributed by atoms with Gasteiger partial charge in [-0.2, -0.15) is 0 Å². The molecule has 0 spiro atoms. The molecule has 0 fully saturated rings. The Morgan fingerprint density at radius 2 is 2.05 bits per heavy atom. The Bertz CT molecular complexity index is 716. The minimum absolute atomic E-state index is 0.128. The van der Waals surface area contributed by atoms with Crippen molar-refractivity contribution >= 4 is 22.8 Å². The van der Waals surface area contributed by atoms with Gasteiger partial charge in [0.2, 0.25) is 5.91 Å². The number of benzene rings is 1. The maximum Gasteiger partial charge on any atom is 0.325 e. The number of carbonyl (C=O) groups is 2. The lowest BCUT2D eigenvalue weighted by Gasteiger charge is -2.08. The number of carboxylic acids is 1. The lowest BCUT2D eigenvalue weighted by atomic mass is 10.0. The molecule has 1 aliphatic rings. The highest BCUT2D eigenvalue weighted by Gasteiger charge is 2.18. The van der Waals surface area contributed by atoms with E-state index in [1.165, 1.54) is 18.1 Å². The van der Waals surface area contributed by atoms with Gasteiger partial charge in [0.1, 0.15) is 11.6 Å². The quantitative estimate of drug-likeness (QED) is 0.902. The van der Waals surface area contributed by atoms with E-state index >= 15 is 0 Å². The molecule has 2 aromatic rings. The monoisotopic (exact) mass is 287 g/mol. The standard InChI is InChI=1S/C16H17NO4/c1-9(16(19)20)17-15(18)7-12-8-21-14-6-11-4-2-3-10(11)5-13(12)14/h5-6,8-9H,2-4,7H2,1H3,(H,17,18)(H,19,20). The van der Waals surface area contributed by atoms with E-state index in [1.807, 2.05) is 0 Å². The summed E-state index contributed by atoms with van der Waals surface area (Å²) in [7, 11) is 0. The van der Waals surface area contributed by atoms with E-state index in [4.69, 9.17) is 9.52 Å². The summed E-state index contributed by atoms with van der Waals surface area (Å²) in [5.41, 5.74) is 4.25. The third-order valence-corrected chi connectivity index (χ3v) is 3.97. The van der Waals surface area contributed by atoms with E-state index in [9.17, 15) is 9.59 Å². The average molecular weight is 287 g/mol. The van der Waals surface area contributed by atoms with Gasteiger partial charge in [-0.05, 0) is 49.4 Å². The van der Waals surface area contributed by atoms with E-state index in [2.05, 4.69) is 17.4 Å². The minimum atomic E-state index is -1.04. The molecule has 1 amide bonds. The lowest BCUT2D eigenvalue weighted by Crippen LogP contribution is -2.39. The largest absolute Gasteiger partial charge is 0.480 e. The van der Waals surface area contributed by atoms with Crippen LogP contribution in [0.25, 0.3) is 11.0 Å². The second-order valence-electron chi connectivity index (χ2n) is 5.54. The van der Waals surface area contributed by atoms with Crippen LogP contribution in [0.1, 0.15) is 30.0 Å². The summed E-state index contributed by atoms with van der Waals surface area (Å²) < 4.78 is 5.53. The summed E-state index contributed by atoms with van der Waals surface area (Å²) >= 11 is 0. The van der Waals surface area contributed by atoms with Gasteiger partial charge in [0.25, 0.3) is 0 Å². The molecule has 0 aliphatic heterocycles. The molecule has 2 N–H and O–H groups in total. The average Bonchev–Trinajstić information content (AvgIpc) is 3.03. The molecular formula is C16H17NO4. The van der Waals surface area contributed by atoms with Gasteiger partial charge in [-0.1, -0.05) is 0 Å². The van der Waals surface area contributed by atoms with Crippen molar-refractivity contribution in [3.63, 3.8) is 0 Å². The molecule has 1 heterocycles. The molecule has 1 atom stereocenters. The molecule has 3 rings (SSSR count). The number of nitrogens with one attached hydrogen (secondary N) is 1. The number of rotatable bonds is 4. The Kier molecular flexibility index (Phi) is 3.41. The van der Waals surface area contributed by atoms with Gasteiger partial charge in [-0.25, -0.2) is 0 Å². The van der Waals surface area contributed by atoms with Crippen molar-refractivity contribution in [2.45, 2.75) is 38.6 Å². The zero-order valence-corrected chi connectivity index (χ0v) is 11.8. The molecule has 1 aromatic carbocycles. The summed E-state index contributed by atoms with van der Waals surface area (Å²) in [6, 6.07) is 3.27. The molecule has 5 heteroatoms. The molecule has 1 aromatic heterocycles. The van der Waals surface area contributed by atoms with Crippen molar-refractivity contribution in [1.29, 1.82) is 0 Å². The van der Waals surface area contributed by atoms with Crippen LogP contribution in [0.4, 0.5) is 0 Å². The van der Waals surface area contributed by atoms with Gasteiger partial charge in [0.15, 0.2) is 0 Å². The first-order chi connectivity index (χ1) is 10.0. The van der Waals surface area contributed by atoms with Gasteiger partial charge < -0.3 is 14.8 Å². The Hall–Kier alpha value is -2.30. The van der Waals surface area contributed by atoms with Crippen molar-refractivity contribution < 1.29 is 19.1 Å². The highest BCUT2D eigenvalue weighted by atomic mass is 16.4. The number of hydrogen-bond donors (Lipinski definition) is 2. The van der Waals surface area contributed by atoms with Crippen LogP contribution in [0, 0.1) is 0 Å². The number of aryl methyl sites for hydroxylation is 2. The van der Waals surface area contributed by atoms with E-state index in [-0.39, 0.29) is 12.3 Å². The number of carbonyl (C=O) groups excluding carboxylic acids is 1. The van der Waals surface area contributed by atoms with Gasteiger partial charge >= 0.3 is 5.97 Å². The first-order valence-corrected chi connectivity index (χ1v) is 7.08. The fraction of sp³-hybridized carbons (Fsp3) is 0.375. The molecule has 0 radical (unpaired) electrons. The molecule has 0 bridgehead atoms. The van der Waals surface area contributed by atoms with Gasteiger partial charge in [0, 0.05) is 10.9 Å². The Balaban J connectivity index is 1.81. The topological polar surface area (TPSA) is 79.5 Å². The van der Waals surface area contributed by atoms with Crippen LogP contribution >= 0.6 is 0 Å². The molecule has 0 saturated carbocycles. The summed E-state index contributed by atoms with van der Waals surface area (Å²) in [6.45, 7) is 1.45. The van der Waals surface area contributed by atoms with Crippen LogP contribution in [0.3, 0.4) is 0 Å². The smallest absolute Gasteiger partial charge is 0.325 e. The van der Waals surface area contributed by atoms with Crippen LogP contribution < -0.4 is 5.32 Å². The molecular weight excluding hydrogens is 270 g/mol. The maximum absolute atomic E-state index is 11.9. The Labute approximate surface area is 121 Å². The summed E-state index contributed by atoms with van der Waals surface area (Å²) in [5, 5.41) is 12.2. The third-order valence-electron chi connectivity index (χ3n) is 3.97. The molecule has 1 aliphatic carbocycles. The number of fused-ring (bicyclic) bond motifs is 2. The third kappa shape index (κ3) is 2.63. The highest BCUT2D eigenvalue weighted by Crippen LogP contribution is 2.30. The van der Waals surface area contributed by atoms with Crippen molar-refractivity contribution in [2.24, 2.45) is 0 Å². The fourth-order valence-corrected chi connectivity index (χ4v) is 2.81. The van der Waals surface area contributed by atoms with E-state index in [0.29, 0.717) is 0 Å². The molecule has 0 saturated heterocycles. The van der Waals surface area contributed by atoms with Gasteiger partial charge in [-0.15, -0.1) is 0 Å². The van der Waals surface area contributed by atoms with E-state index in [0.717, 1.165) is 35.8 Å². The Morgan fingerprint density at radius 3 is 2.76 bits per heavy atom. The SMILES string of the molecule is CC(NC(=O)Cc1coc2cc3c(cc12)CCC3)C(=O)O. The first kappa shape index (κ1) is 13.7. The number of amides is 1. The number of aliphatic carboxylic acids is 1. The summed E-state index contributed by atoms with van der Waals surface area (Å²) in [6.07, 6.45) is 5.03. The summed E-state index contributed by atoms with van der Waals surface area (Å²) in [5.74, 6) is -1.36. The molecule has 110 valence electrons. The lowest BCUT2D eigenvalue weighted by molar-refractivity contribution is -0.141. The first-order valence-electron chi connectivity index (χ1n) is 7.08. The van der Waals surface area contributed by atoms with E-state index < -0.39 is 12.0 Å². The predicted molar refractivity (Wildman–Crippen MR) is 77.2 cm³/mol. The van der Waals surface area contributed by atoms with Crippen LogP contribution in [-0.4, -0.2) is 23.0 Å². The molecule has 21 heavy (non-hydrogen) atoms. The second-order valence-corrected chi connectivity index (χ2v) is 5.54. The molecule has 1 unspecified atom stereocenters. The van der Waals surface area contributed by atoms with Crippen molar-refractivity contribution in [3.8, 4) is 0 Å². The number of carboxylic acid groups (broad SMARTS) is 1. The van der Waals surface area contributed by atoms with Gasteiger partial charge in [0.05, 0.1) is 12.7 Å². The van der Waals surface area contributed by atoms with Crippen molar-refractivity contribution in [2.75, 3.05) is 0 Å². The van der Waals surface area contributed by atoms with E-state index in [1.54, 1.807) is 6.26 Å².